The molecule has 0 heterocycles. The maximum Gasteiger partial charge on any atom is 0.472 e. The van der Waals surface area contributed by atoms with Crippen molar-refractivity contribution in [2.75, 3.05) is 39.6 Å². The summed E-state index contributed by atoms with van der Waals surface area (Å²) in [5.41, 5.74) is 0. The molecule has 0 radical (unpaired) electrons. The van der Waals surface area contributed by atoms with Gasteiger partial charge in [-0.05, 0) is 49.4 Å². The van der Waals surface area contributed by atoms with Gasteiger partial charge in [-0.15, -0.1) is 0 Å². The van der Waals surface area contributed by atoms with Crippen LogP contribution in [0, 0.1) is 23.7 Å². The standard InChI is InChI=1S/C68H132O17P2/c1-9-60(7)46-38-30-22-15-18-25-33-41-49-66(71)79-55-64(85-68(73)51-43-35-27-19-16-23-31-39-47-61(8)10-2)57-83-87(76,77)81-53-62(69)52-80-86(74,75)82-56-63(54-78-65(70)48-40-32-24-17-14-21-29-37-45-59(5)6)84-67(72)50-42-34-26-13-11-12-20-28-36-44-58(3)4/h58-64,69H,9-57H2,1-8H3,(H,74,75)(H,76,77)/t60?,61?,62?,63-,64-/m1/s1. The molecule has 516 valence electrons. The van der Waals surface area contributed by atoms with Crippen LogP contribution in [0.1, 0.15) is 331 Å². The summed E-state index contributed by atoms with van der Waals surface area (Å²) in [6, 6.07) is 0. The number of ether oxygens (including phenoxy) is 4. The monoisotopic (exact) mass is 1280 g/mol. The van der Waals surface area contributed by atoms with Crippen LogP contribution >= 0.6 is 15.6 Å². The summed E-state index contributed by atoms with van der Waals surface area (Å²) in [5, 5.41) is 10.6. The van der Waals surface area contributed by atoms with Crippen molar-refractivity contribution in [1.82, 2.24) is 0 Å². The van der Waals surface area contributed by atoms with E-state index in [1.807, 2.05) is 0 Å². The zero-order valence-corrected chi connectivity index (χ0v) is 58.4. The Balaban J connectivity index is 5.28. The van der Waals surface area contributed by atoms with Gasteiger partial charge < -0.3 is 33.8 Å². The molecule has 0 aromatic heterocycles. The fraction of sp³-hybridized carbons (Fsp3) is 0.941. The van der Waals surface area contributed by atoms with Gasteiger partial charge in [0.05, 0.1) is 26.4 Å². The van der Waals surface area contributed by atoms with E-state index in [9.17, 15) is 43.2 Å². The van der Waals surface area contributed by atoms with Gasteiger partial charge in [0.1, 0.15) is 19.3 Å². The molecule has 0 aromatic rings. The van der Waals surface area contributed by atoms with Crippen LogP contribution in [0.4, 0.5) is 0 Å². The van der Waals surface area contributed by atoms with Crippen molar-refractivity contribution in [3.8, 4) is 0 Å². The molecule has 0 aliphatic rings. The molecule has 87 heavy (non-hydrogen) atoms. The quantitative estimate of drug-likeness (QED) is 0.0222. The van der Waals surface area contributed by atoms with Gasteiger partial charge in [-0.25, -0.2) is 9.13 Å². The van der Waals surface area contributed by atoms with E-state index in [2.05, 4.69) is 55.4 Å². The van der Waals surface area contributed by atoms with Crippen molar-refractivity contribution < 1.29 is 80.2 Å². The first-order chi connectivity index (χ1) is 41.7. The molecule has 0 spiro atoms. The number of unbranched alkanes of at least 4 members (excludes halogenated alkanes) is 29. The molecule has 0 saturated carbocycles. The molecule has 0 aliphatic heterocycles. The number of carbonyl (C=O) groups is 4. The topological polar surface area (TPSA) is 237 Å². The van der Waals surface area contributed by atoms with Crippen LogP contribution in [0.2, 0.25) is 0 Å². The fourth-order valence-electron chi connectivity index (χ4n) is 10.1. The summed E-state index contributed by atoms with van der Waals surface area (Å²) >= 11 is 0. The number of esters is 4. The largest absolute Gasteiger partial charge is 0.472 e. The average molecular weight is 1280 g/mol. The Bertz CT molecular complexity index is 1730. The van der Waals surface area contributed by atoms with Crippen molar-refractivity contribution in [2.24, 2.45) is 23.7 Å². The highest BCUT2D eigenvalue weighted by Crippen LogP contribution is 2.45. The van der Waals surface area contributed by atoms with Crippen molar-refractivity contribution >= 4 is 39.5 Å². The number of phosphoric ester groups is 2. The number of rotatable bonds is 65. The summed E-state index contributed by atoms with van der Waals surface area (Å²) in [4.78, 5) is 72.5. The van der Waals surface area contributed by atoms with Crippen LogP contribution in [0.3, 0.4) is 0 Å². The van der Waals surface area contributed by atoms with Crippen LogP contribution < -0.4 is 0 Å². The normalized spacial score (nSPS) is 15.0. The van der Waals surface area contributed by atoms with E-state index in [0.717, 1.165) is 114 Å². The van der Waals surface area contributed by atoms with Gasteiger partial charge in [0, 0.05) is 25.7 Å². The third-order valence-electron chi connectivity index (χ3n) is 16.3. The first kappa shape index (κ1) is 85.1. The average Bonchev–Trinajstić information content (AvgIpc) is 3.70. The lowest BCUT2D eigenvalue weighted by Gasteiger charge is -2.21. The molecule has 0 fully saturated rings. The van der Waals surface area contributed by atoms with Gasteiger partial charge in [0.25, 0.3) is 0 Å². The molecule has 3 N–H and O–H groups in total. The minimum atomic E-state index is -4.95. The second-order valence-electron chi connectivity index (χ2n) is 26.0. The molecule has 19 heteroatoms. The second-order valence-corrected chi connectivity index (χ2v) is 28.9. The number of carbonyl (C=O) groups excluding carboxylic acids is 4. The van der Waals surface area contributed by atoms with Crippen molar-refractivity contribution in [3.63, 3.8) is 0 Å². The van der Waals surface area contributed by atoms with Gasteiger partial charge in [0.2, 0.25) is 0 Å². The molecular formula is C68H132O17P2. The summed E-state index contributed by atoms with van der Waals surface area (Å²) in [7, 11) is -9.90. The molecule has 0 saturated heterocycles. The SMILES string of the molecule is CCC(C)CCCCCCCCCCC(=O)OC[C@H](COP(=O)(O)OCC(O)COP(=O)(O)OC[C@@H](COC(=O)CCCCCCCCCCC(C)C)OC(=O)CCCCCCCCCCCC(C)C)OC(=O)CCCCCCCCCCC(C)CC. The van der Waals surface area contributed by atoms with Crippen LogP contribution in [0.15, 0.2) is 0 Å². The highest BCUT2D eigenvalue weighted by molar-refractivity contribution is 7.47. The first-order valence-corrected chi connectivity index (χ1v) is 38.3. The lowest BCUT2D eigenvalue weighted by Crippen LogP contribution is -2.30. The van der Waals surface area contributed by atoms with Crippen LogP contribution in [0.5, 0.6) is 0 Å². The third kappa shape index (κ3) is 60.1. The van der Waals surface area contributed by atoms with Crippen LogP contribution in [0.25, 0.3) is 0 Å². The second kappa shape index (κ2) is 57.9. The molecule has 0 aliphatic carbocycles. The zero-order valence-electron chi connectivity index (χ0n) is 56.6. The Labute approximate surface area is 530 Å². The molecule has 0 rings (SSSR count). The molecule has 0 aromatic carbocycles. The van der Waals surface area contributed by atoms with Gasteiger partial charge in [-0.2, -0.15) is 0 Å². The fourth-order valence-corrected chi connectivity index (χ4v) is 11.7. The zero-order chi connectivity index (χ0) is 64.7. The first-order valence-electron chi connectivity index (χ1n) is 35.3. The Morgan fingerprint density at radius 3 is 0.816 bits per heavy atom. The van der Waals surface area contributed by atoms with Crippen LogP contribution in [-0.4, -0.2) is 96.7 Å². The molecule has 17 nitrogen and oxygen atoms in total. The van der Waals surface area contributed by atoms with E-state index < -0.39 is 97.5 Å². The van der Waals surface area contributed by atoms with Gasteiger partial charge >= 0.3 is 39.5 Å². The lowest BCUT2D eigenvalue weighted by molar-refractivity contribution is -0.161. The number of aliphatic hydroxyl groups excluding tert-OH is 1. The smallest absolute Gasteiger partial charge is 0.462 e. The summed E-state index contributed by atoms with van der Waals surface area (Å²) < 4.78 is 68.2. The number of phosphoric acid groups is 2. The molecular weight excluding hydrogens is 1150 g/mol. The maximum absolute atomic E-state index is 13.0. The van der Waals surface area contributed by atoms with E-state index >= 15 is 0 Å². The Morgan fingerprint density at radius 1 is 0.322 bits per heavy atom. The Kier molecular flexibility index (Phi) is 56.6. The van der Waals surface area contributed by atoms with Crippen LogP contribution in [-0.2, 0) is 65.4 Å². The maximum atomic E-state index is 13.0. The summed E-state index contributed by atoms with van der Waals surface area (Å²) in [6.07, 6.45) is 38.8. The molecule has 0 amide bonds. The minimum Gasteiger partial charge on any atom is -0.462 e. The Morgan fingerprint density at radius 2 is 0.552 bits per heavy atom. The van der Waals surface area contributed by atoms with Gasteiger partial charge in [0.15, 0.2) is 12.2 Å². The number of hydrogen-bond acceptors (Lipinski definition) is 15. The Hall–Kier alpha value is -1.94. The van der Waals surface area contributed by atoms with E-state index in [1.54, 1.807) is 0 Å². The van der Waals surface area contributed by atoms with E-state index in [0.29, 0.717) is 25.7 Å². The third-order valence-corrected chi connectivity index (χ3v) is 18.2. The highest BCUT2D eigenvalue weighted by Gasteiger charge is 2.30. The van der Waals surface area contributed by atoms with Crippen molar-refractivity contribution in [2.45, 2.75) is 350 Å². The van der Waals surface area contributed by atoms with Gasteiger partial charge in [-0.1, -0.05) is 280 Å². The number of hydrogen-bond donors (Lipinski definition) is 3. The van der Waals surface area contributed by atoms with Crippen molar-refractivity contribution in [1.29, 1.82) is 0 Å². The predicted molar refractivity (Wildman–Crippen MR) is 349 cm³/mol. The van der Waals surface area contributed by atoms with E-state index in [-0.39, 0.29) is 25.7 Å². The summed E-state index contributed by atoms with van der Waals surface area (Å²) in [5.74, 6) is 0.876. The molecule has 5 unspecified atom stereocenters. The van der Waals surface area contributed by atoms with E-state index in [4.69, 9.17) is 37.0 Å². The predicted octanol–water partition coefficient (Wildman–Crippen LogP) is 18.9. The summed E-state index contributed by atoms with van der Waals surface area (Å²) in [6.45, 7) is 14.1. The van der Waals surface area contributed by atoms with Crippen molar-refractivity contribution in [3.05, 3.63) is 0 Å². The van der Waals surface area contributed by atoms with Gasteiger partial charge in [-0.3, -0.25) is 37.3 Å². The highest BCUT2D eigenvalue weighted by atomic mass is 31.2. The number of aliphatic hydroxyl groups is 1. The van der Waals surface area contributed by atoms with E-state index in [1.165, 1.54) is 135 Å². The lowest BCUT2D eigenvalue weighted by atomic mass is 9.99. The molecule has 7 atom stereocenters. The minimum absolute atomic E-state index is 0.104. The molecule has 0 bridgehead atoms.